The smallest absolute Gasteiger partial charge is 0.252 e. The minimum atomic E-state index is -1.09. The molecule has 0 aliphatic carbocycles. The van der Waals surface area contributed by atoms with E-state index >= 15 is 0 Å². The van der Waals surface area contributed by atoms with Gasteiger partial charge in [0.2, 0.25) is 0 Å². The van der Waals surface area contributed by atoms with Crippen molar-refractivity contribution in [2.24, 2.45) is 0 Å². The average molecular weight is 396 g/mol. The summed E-state index contributed by atoms with van der Waals surface area (Å²) in [5.41, 5.74) is 1.12. The first kappa shape index (κ1) is 18.0. The van der Waals surface area contributed by atoms with Gasteiger partial charge in [-0.2, -0.15) is 0 Å². The summed E-state index contributed by atoms with van der Waals surface area (Å²) in [6.45, 7) is 2.10. The lowest BCUT2D eigenvalue weighted by atomic mass is 9.90. The number of hydrogen-bond donors (Lipinski definition) is 2. The van der Waals surface area contributed by atoms with Crippen molar-refractivity contribution in [3.8, 4) is 28.7 Å². The number of benzene rings is 1. The maximum absolute atomic E-state index is 14.7. The summed E-state index contributed by atoms with van der Waals surface area (Å²) >= 11 is 0. The van der Waals surface area contributed by atoms with Crippen LogP contribution in [0.25, 0.3) is 17.1 Å². The first-order valence-electron chi connectivity index (χ1n) is 9.61. The van der Waals surface area contributed by atoms with Crippen LogP contribution in [-0.4, -0.2) is 53.7 Å². The number of aromatic hydroxyl groups is 1. The Morgan fingerprint density at radius 2 is 2.24 bits per heavy atom. The van der Waals surface area contributed by atoms with Gasteiger partial charge < -0.3 is 19.7 Å². The van der Waals surface area contributed by atoms with E-state index in [1.54, 1.807) is 35.4 Å². The summed E-state index contributed by atoms with van der Waals surface area (Å²) in [4.78, 5) is 8.24. The topological polar surface area (TPSA) is 98.0 Å². The molecule has 5 rings (SSSR count). The number of phenols is 1. The number of hydrogen-bond acceptors (Lipinski definition) is 7. The zero-order valence-electron chi connectivity index (χ0n) is 15.9. The van der Waals surface area contributed by atoms with E-state index in [1.165, 1.54) is 6.20 Å². The second-order valence-corrected chi connectivity index (χ2v) is 7.95. The zero-order chi connectivity index (χ0) is 20.0. The Labute approximate surface area is 166 Å². The molecule has 2 N–H and O–H groups in total. The monoisotopic (exact) mass is 396 g/mol. The number of imidazole rings is 1. The van der Waals surface area contributed by atoms with Crippen molar-refractivity contribution in [1.29, 1.82) is 0 Å². The maximum Gasteiger partial charge on any atom is 0.252 e. The van der Waals surface area contributed by atoms with Gasteiger partial charge in [-0.3, -0.25) is 0 Å². The molecule has 4 atom stereocenters. The molecule has 1 unspecified atom stereocenters. The summed E-state index contributed by atoms with van der Waals surface area (Å²) in [6, 6.07) is 4.96. The van der Waals surface area contributed by atoms with Crippen LogP contribution in [0, 0.1) is 0 Å². The summed E-state index contributed by atoms with van der Waals surface area (Å²) in [6.07, 6.45) is 7.17. The highest BCUT2D eigenvalue weighted by Gasteiger charge is 2.49. The fraction of sp³-hybridized carbons (Fsp3) is 0.400. The average Bonchev–Trinajstić information content (AvgIpc) is 3.36. The molecule has 2 aliphatic rings. The molecule has 2 bridgehead atoms. The molecule has 2 saturated heterocycles. The lowest BCUT2D eigenvalue weighted by Crippen LogP contribution is -2.57. The largest absolute Gasteiger partial charge is 0.507 e. The quantitative estimate of drug-likeness (QED) is 0.699. The molecular weight excluding hydrogens is 375 g/mol. The highest BCUT2D eigenvalue weighted by molar-refractivity contribution is 5.65. The number of piperidine rings is 1. The zero-order valence-corrected chi connectivity index (χ0v) is 15.9. The van der Waals surface area contributed by atoms with Gasteiger partial charge in [-0.05, 0) is 31.9 Å². The van der Waals surface area contributed by atoms with Crippen LogP contribution in [0.2, 0.25) is 0 Å². The van der Waals surface area contributed by atoms with Crippen LogP contribution in [0.15, 0.2) is 43.1 Å². The number of aromatic nitrogens is 5. The Kier molecular flexibility index (Phi) is 4.20. The highest BCUT2D eigenvalue weighted by Crippen LogP contribution is 2.38. The van der Waals surface area contributed by atoms with E-state index < -0.39 is 12.3 Å². The number of phenolic OH excluding ortho intramolecular Hbond substituents is 1. The Morgan fingerprint density at radius 1 is 1.34 bits per heavy atom. The van der Waals surface area contributed by atoms with Crippen molar-refractivity contribution >= 4 is 0 Å². The molecule has 29 heavy (non-hydrogen) atoms. The van der Waals surface area contributed by atoms with Crippen LogP contribution in [-0.2, 0) is 0 Å². The van der Waals surface area contributed by atoms with Crippen LogP contribution in [0.5, 0.6) is 11.6 Å². The Hall–Kier alpha value is -3.07. The normalized spacial score (nSPS) is 28.4. The van der Waals surface area contributed by atoms with Gasteiger partial charge in [-0.1, -0.05) is 0 Å². The van der Waals surface area contributed by atoms with Crippen molar-refractivity contribution < 1.29 is 14.2 Å². The Morgan fingerprint density at radius 3 is 2.97 bits per heavy atom. The number of alkyl halides is 1. The third-order valence-corrected chi connectivity index (χ3v) is 5.77. The summed E-state index contributed by atoms with van der Waals surface area (Å²) in [7, 11) is 0. The first-order chi connectivity index (χ1) is 14.0. The van der Waals surface area contributed by atoms with Crippen molar-refractivity contribution in [2.75, 3.05) is 0 Å². The molecule has 9 heteroatoms. The number of nitrogens with zero attached hydrogens (tertiary/aromatic N) is 5. The summed E-state index contributed by atoms with van der Waals surface area (Å²) in [5, 5.41) is 21.8. The SMILES string of the molecule is C[C@@]12CCC(N1)[C@H](F)[C@@H](Oc1cnc(-c3ccc(-n4ccnc4)cc3O)nn1)C2. The molecule has 0 amide bonds. The molecule has 1 aromatic carbocycles. The van der Waals surface area contributed by atoms with E-state index in [0.29, 0.717) is 12.0 Å². The van der Waals surface area contributed by atoms with Crippen molar-refractivity contribution in [2.45, 2.75) is 50.0 Å². The summed E-state index contributed by atoms with van der Waals surface area (Å²) < 4.78 is 22.2. The molecule has 4 heterocycles. The lowest BCUT2D eigenvalue weighted by molar-refractivity contribution is 0.0231. The van der Waals surface area contributed by atoms with Crippen molar-refractivity contribution in [3.05, 3.63) is 43.1 Å². The number of ether oxygens (including phenoxy) is 1. The molecule has 3 aromatic rings. The molecule has 0 spiro atoms. The molecule has 2 fully saturated rings. The van der Waals surface area contributed by atoms with Gasteiger partial charge in [-0.25, -0.2) is 14.4 Å². The van der Waals surface area contributed by atoms with E-state index in [9.17, 15) is 9.50 Å². The van der Waals surface area contributed by atoms with Crippen LogP contribution >= 0.6 is 0 Å². The number of nitrogens with one attached hydrogen (secondary N) is 1. The molecule has 2 aliphatic heterocycles. The Balaban J connectivity index is 1.33. The van der Waals surface area contributed by atoms with Gasteiger partial charge in [0.25, 0.3) is 5.88 Å². The van der Waals surface area contributed by atoms with Crippen LogP contribution in [0.3, 0.4) is 0 Å². The second-order valence-electron chi connectivity index (χ2n) is 7.95. The molecule has 0 radical (unpaired) electrons. The molecule has 0 saturated carbocycles. The van der Waals surface area contributed by atoms with Crippen LogP contribution in [0.1, 0.15) is 26.2 Å². The predicted octanol–water partition coefficient (Wildman–Crippen LogP) is 2.43. The van der Waals surface area contributed by atoms with E-state index in [2.05, 4.69) is 32.4 Å². The van der Waals surface area contributed by atoms with Gasteiger partial charge in [-0.15, -0.1) is 10.2 Å². The second kappa shape index (κ2) is 6.77. The van der Waals surface area contributed by atoms with E-state index in [4.69, 9.17) is 4.74 Å². The maximum atomic E-state index is 14.7. The van der Waals surface area contributed by atoms with Crippen LogP contribution < -0.4 is 10.1 Å². The van der Waals surface area contributed by atoms with Crippen LogP contribution in [0.4, 0.5) is 4.39 Å². The fourth-order valence-electron chi connectivity index (χ4n) is 4.27. The molecule has 150 valence electrons. The Bertz CT molecular complexity index is 1010. The molecule has 8 nitrogen and oxygen atoms in total. The lowest BCUT2D eigenvalue weighted by Gasteiger charge is -2.38. The van der Waals surface area contributed by atoms with Gasteiger partial charge in [0.1, 0.15) is 11.9 Å². The highest BCUT2D eigenvalue weighted by atomic mass is 19.1. The standard InChI is InChI=1S/C20H21FN6O2/c1-20-5-4-14(24-20)18(21)16(9-20)29-17-10-23-19(26-25-17)13-3-2-12(8-15(13)28)27-7-6-22-11-27/h2-3,6-8,10-11,14,16,18,24,28H,4-5,9H2,1H3/t14?,16-,18-,20-/m0/s1. The van der Waals surface area contributed by atoms with Gasteiger partial charge >= 0.3 is 0 Å². The third kappa shape index (κ3) is 3.31. The van der Waals surface area contributed by atoms with Gasteiger partial charge in [0.05, 0.1) is 23.8 Å². The van der Waals surface area contributed by atoms with Crippen molar-refractivity contribution in [1.82, 2.24) is 30.0 Å². The fourth-order valence-corrected chi connectivity index (χ4v) is 4.27. The molecule has 2 aromatic heterocycles. The minimum Gasteiger partial charge on any atom is -0.507 e. The van der Waals surface area contributed by atoms with E-state index in [0.717, 1.165) is 18.5 Å². The minimum absolute atomic E-state index is 0.0262. The number of rotatable bonds is 4. The predicted molar refractivity (Wildman–Crippen MR) is 103 cm³/mol. The summed E-state index contributed by atoms with van der Waals surface area (Å²) in [5.74, 6) is 0.473. The number of halogens is 1. The van der Waals surface area contributed by atoms with E-state index in [-0.39, 0.29) is 29.0 Å². The van der Waals surface area contributed by atoms with E-state index in [1.807, 2.05) is 6.07 Å². The number of fused-ring (bicyclic) bond motifs is 2. The van der Waals surface area contributed by atoms with Crippen molar-refractivity contribution in [3.63, 3.8) is 0 Å². The molecular formula is C20H21FN6O2. The van der Waals surface area contributed by atoms with Gasteiger partial charge in [0.15, 0.2) is 12.0 Å². The van der Waals surface area contributed by atoms with Gasteiger partial charge in [0, 0.05) is 36.5 Å². The first-order valence-corrected chi connectivity index (χ1v) is 9.61. The third-order valence-electron chi connectivity index (χ3n) is 5.77.